The highest BCUT2D eigenvalue weighted by molar-refractivity contribution is 5.80. The van der Waals surface area contributed by atoms with E-state index in [2.05, 4.69) is 27.8 Å². The molecular weight excluding hydrogens is 516 g/mol. The monoisotopic (exact) mass is 544 g/mol. The Morgan fingerprint density at radius 2 is 1.83 bits per heavy atom. The summed E-state index contributed by atoms with van der Waals surface area (Å²) >= 11 is 0. The van der Waals surface area contributed by atoms with Crippen molar-refractivity contribution in [2.24, 2.45) is 5.73 Å². The van der Waals surface area contributed by atoms with Gasteiger partial charge in [0.25, 0.3) is 5.56 Å². The number of imidazole rings is 1. The van der Waals surface area contributed by atoms with Gasteiger partial charge in [0.15, 0.2) is 11.2 Å². The van der Waals surface area contributed by atoms with Crippen LogP contribution in [0.25, 0.3) is 27.8 Å². The summed E-state index contributed by atoms with van der Waals surface area (Å²) in [5, 5.41) is 10.7. The molecule has 6 rings (SSSR count). The summed E-state index contributed by atoms with van der Waals surface area (Å²) in [6.07, 6.45) is 1.80. The number of nitrogens with zero attached hydrogens (tertiary/aromatic N) is 7. The van der Waals surface area contributed by atoms with E-state index in [0.717, 1.165) is 29.3 Å². The van der Waals surface area contributed by atoms with Gasteiger partial charge in [-0.2, -0.15) is 10.2 Å². The third-order valence-electron chi connectivity index (χ3n) is 7.41. The van der Waals surface area contributed by atoms with Crippen molar-refractivity contribution in [1.29, 1.82) is 5.26 Å². The van der Waals surface area contributed by atoms with E-state index in [9.17, 15) is 14.9 Å². The molecule has 0 bridgehead atoms. The van der Waals surface area contributed by atoms with E-state index >= 15 is 0 Å². The quantitative estimate of drug-likeness (QED) is 0.337. The van der Waals surface area contributed by atoms with Crippen LogP contribution in [0, 0.1) is 23.2 Å². The van der Waals surface area contributed by atoms with Gasteiger partial charge in [-0.05, 0) is 44.0 Å². The van der Waals surface area contributed by atoms with Crippen molar-refractivity contribution >= 4 is 28.0 Å². The third-order valence-corrected chi connectivity index (χ3v) is 7.41. The lowest BCUT2D eigenvalue weighted by atomic mass is 10.1. The molecule has 0 saturated carbocycles. The van der Waals surface area contributed by atoms with Gasteiger partial charge in [-0.15, -0.1) is 5.92 Å². The smallest absolute Gasteiger partial charge is 0.337 e. The minimum atomic E-state index is -0.569. The molecule has 0 unspecified atom stereocenters. The molecule has 1 fully saturated rings. The van der Waals surface area contributed by atoms with Gasteiger partial charge in [-0.3, -0.25) is 13.9 Å². The molecule has 1 aliphatic heterocycles. The molecule has 3 aromatic heterocycles. The number of piperidine rings is 1. The lowest BCUT2D eigenvalue weighted by molar-refractivity contribution is 0.496. The molecule has 4 heterocycles. The molecule has 41 heavy (non-hydrogen) atoms. The van der Waals surface area contributed by atoms with E-state index in [1.54, 1.807) is 29.7 Å². The Morgan fingerprint density at radius 1 is 1.05 bits per heavy atom. The number of fused-ring (bicyclic) bond motifs is 2. The molecule has 10 heteroatoms. The van der Waals surface area contributed by atoms with E-state index < -0.39 is 11.2 Å². The molecule has 0 spiro atoms. The Balaban J connectivity index is 1.65. The molecule has 0 amide bonds. The zero-order chi connectivity index (χ0) is 28.5. The number of nitriles is 1. The molecule has 1 saturated heterocycles. The molecule has 0 aliphatic carbocycles. The highest BCUT2D eigenvalue weighted by Crippen LogP contribution is 2.25. The second-order valence-electron chi connectivity index (χ2n) is 10.1. The lowest BCUT2D eigenvalue weighted by Crippen LogP contribution is -2.44. The Morgan fingerprint density at radius 3 is 2.59 bits per heavy atom. The van der Waals surface area contributed by atoms with Crippen LogP contribution in [0.2, 0.25) is 0 Å². The minimum absolute atomic E-state index is 0.0226. The number of para-hydroxylation sites is 2. The van der Waals surface area contributed by atoms with E-state index in [4.69, 9.17) is 10.7 Å². The molecule has 1 atom stereocenters. The predicted molar refractivity (Wildman–Crippen MR) is 158 cm³/mol. The molecule has 1 aliphatic rings. The predicted octanol–water partition coefficient (Wildman–Crippen LogP) is 2.77. The van der Waals surface area contributed by atoms with Crippen LogP contribution < -0.4 is 21.9 Å². The molecule has 10 nitrogen and oxygen atoms in total. The summed E-state index contributed by atoms with van der Waals surface area (Å²) in [5.74, 6) is 6.53. The fourth-order valence-electron chi connectivity index (χ4n) is 5.43. The number of nitrogens with two attached hydrogens (primary N) is 1. The first kappa shape index (κ1) is 26.1. The number of benzene rings is 2. The van der Waals surface area contributed by atoms with Crippen LogP contribution in [0.15, 0.2) is 70.3 Å². The van der Waals surface area contributed by atoms with Gasteiger partial charge < -0.3 is 10.6 Å². The number of pyridine rings is 1. The molecule has 0 radical (unpaired) electrons. The SMILES string of the molecule is CC#CCn1c(N2CCC[C@@H](N)C2)nc2c1c(=O)n(Cc1nc3ccccc3cc1C#N)c(=O)n2-c1ccccc1. The van der Waals surface area contributed by atoms with Gasteiger partial charge in [-0.1, -0.05) is 42.3 Å². The normalized spacial score (nSPS) is 15.0. The van der Waals surface area contributed by atoms with Crippen LogP contribution in [0.3, 0.4) is 0 Å². The van der Waals surface area contributed by atoms with E-state index in [1.807, 2.05) is 42.5 Å². The first-order valence-electron chi connectivity index (χ1n) is 13.5. The molecule has 204 valence electrons. The maximum Gasteiger partial charge on any atom is 0.337 e. The zero-order valence-electron chi connectivity index (χ0n) is 22.6. The average Bonchev–Trinajstić information content (AvgIpc) is 3.37. The van der Waals surface area contributed by atoms with Crippen LogP contribution in [0.1, 0.15) is 31.0 Å². The first-order chi connectivity index (χ1) is 20.0. The fourth-order valence-corrected chi connectivity index (χ4v) is 5.43. The summed E-state index contributed by atoms with van der Waals surface area (Å²) in [5.41, 5.74) is 7.59. The Labute approximate surface area is 235 Å². The first-order valence-corrected chi connectivity index (χ1v) is 13.5. The van der Waals surface area contributed by atoms with Crippen molar-refractivity contribution in [2.75, 3.05) is 18.0 Å². The highest BCUT2D eigenvalue weighted by atomic mass is 16.2. The second kappa shape index (κ2) is 10.8. The van der Waals surface area contributed by atoms with Gasteiger partial charge >= 0.3 is 5.69 Å². The standard InChI is InChI=1S/C31H28N8O2/c1-2-3-16-37-27-28(35-30(37)36-15-9-11-23(33)19-36)39(24-12-5-4-6-13-24)31(41)38(29(27)40)20-26-22(18-32)17-21-10-7-8-14-25(21)34-26/h4-8,10,12-14,17,23H,9,11,15-16,19-20,33H2,1H3/t23-/m1/s1. The van der Waals surface area contributed by atoms with Gasteiger partial charge in [0.1, 0.15) is 6.07 Å². The van der Waals surface area contributed by atoms with E-state index in [1.165, 1.54) is 4.57 Å². The van der Waals surface area contributed by atoms with Crippen molar-refractivity contribution in [1.82, 2.24) is 23.7 Å². The van der Waals surface area contributed by atoms with Gasteiger partial charge in [0.2, 0.25) is 5.95 Å². The second-order valence-corrected chi connectivity index (χ2v) is 10.1. The van der Waals surface area contributed by atoms with Crippen LogP contribution in [-0.4, -0.2) is 42.8 Å². The highest BCUT2D eigenvalue weighted by Gasteiger charge is 2.27. The molecule has 2 N–H and O–H groups in total. The summed E-state index contributed by atoms with van der Waals surface area (Å²) in [4.78, 5) is 40.0. The van der Waals surface area contributed by atoms with Gasteiger partial charge in [0, 0.05) is 24.5 Å². The number of hydrogen-bond donors (Lipinski definition) is 1. The number of aromatic nitrogens is 5. The zero-order valence-corrected chi connectivity index (χ0v) is 22.6. The maximum absolute atomic E-state index is 14.2. The number of rotatable bonds is 5. The fraction of sp³-hybridized carbons (Fsp3) is 0.258. The number of anilines is 1. The molecule has 5 aromatic rings. The molecular formula is C31H28N8O2. The van der Waals surface area contributed by atoms with Crippen LogP contribution in [-0.2, 0) is 13.1 Å². The Bertz CT molecular complexity index is 2000. The van der Waals surface area contributed by atoms with Gasteiger partial charge in [0.05, 0.1) is 35.6 Å². The molecule has 2 aromatic carbocycles. The van der Waals surface area contributed by atoms with Gasteiger partial charge in [-0.25, -0.2) is 14.3 Å². The lowest BCUT2D eigenvalue weighted by Gasteiger charge is -2.31. The van der Waals surface area contributed by atoms with Crippen molar-refractivity contribution in [2.45, 2.75) is 38.9 Å². The van der Waals surface area contributed by atoms with Crippen LogP contribution >= 0.6 is 0 Å². The van der Waals surface area contributed by atoms with Crippen molar-refractivity contribution in [3.63, 3.8) is 0 Å². The summed E-state index contributed by atoms with van der Waals surface area (Å²) in [6.45, 7) is 3.09. The largest absolute Gasteiger partial charge is 0.341 e. The third kappa shape index (κ3) is 4.65. The van der Waals surface area contributed by atoms with Crippen LogP contribution in [0.4, 0.5) is 5.95 Å². The minimum Gasteiger partial charge on any atom is -0.341 e. The van der Waals surface area contributed by atoms with E-state index in [-0.39, 0.29) is 30.3 Å². The topological polar surface area (TPSA) is 128 Å². The van der Waals surface area contributed by atoms with Crippen molar-refractivity contribution in [3.05, 3.63) is 92.8 Å². The van der Waals surface area contributed by atoms with E-state index in [0.29, 0.717) is 35.0 Å². The Hall–Kier alpha value is -5.19. The van der Waals surface area contributed by atoms with Crippen molar-refractivity contribution < 1.29 is 0 Å². The number of hydrogen-bond acceptors (Lipinski definition) is 7. The summed E-state index contributed by atoms with van der Waals surface area (Å²) in [6, 6.07) is 20.4. The van der Waals surface area contributed by atoms with Crippen molar-refractivity contribution in [3.8, 4) is 23.6 Å². The summed E-state index contributed by atoms with van der Waals surface area (Å²) < 4.78 is 4.37. The maximum atomic E-state index is 14.2. The Kier molecular flexibility index (Phi) is 6.84. The average molecular weight is 545 g/mol. The van der Waals surface area contributed by atoms with Crippen LogP contribution in [0.5, 0.6) is 0 Å². The summed E-state index contributed by atoms with van der Waals surface area (Å²) in [7, 11) is 0.